The molecule has 118 valence electrons. The van der Waals surface area contributed by atoms with Crippen LogP contribution in [0, 0.1) is 5.92 Å². The Kier molecular flexibility index (Phi) is 5.53. The van der Waals surface area contributed by atoms with Gasteiger partial charge in [0.15, 0.2) is 0 Å². The molecular formula is C16H23F2NO2. The second kappa shape index (κ2) is 7.18. The summed E-state index contributed by atoms with van der Waals surface area (Å²) in [5.74, 6) is 0.727. The fourth-order valence-electron chi connectivity index (χ4n) is 3.02. The summed E-state index contributed by atoms with van der Waals surface area (Å²) in [7, 11) is 0. The van der Waals surface area contributed by atoms with Crippen LogP contribution >= 0.6 is 0 Å². The van der Waals surface area contributed by atoms with Gasteiger partial charge < -0.3 is 15.2 Å². The van der Waals surface area contributed by atoms with Crippen LogP contribution in [0.1, 0.15) is 38.2 Å². The van der Waals surface area contributed by atoms with Crippen molar-refractivity contribution in [2.24, 2.45) is 5.92 Å². The molecule has 0 amide bonds. The normalized spacial score (nSPS) is 26.0. The second-order valence-corrected chi connectivity index (χ2v) is 6.05. The predicted octanol–water partition coefficient (Wildman–Crippen LogP) is 3.32. The van der Waals surface area contributed by atoms with Gasteiger partial charge in [0.2, 0.25) is 0 Å². The van der Waals surface area contributed by atoms with Crippen molar-refractivity contribution < 1.29 is 18.6 Å². The quantitative estimate of drug-likeness (QED) is 0.846. The van der Waals surface area contributed by atoms with Gasteiger partial charge in [0, 0.05) is 13.1 Å². The van der Waals surface area contributed by atoms with Gasteiger partial charge in [0.1, 0.15) is 5.75 Å². The van der Waals surface area contributed by atoms with Crippen molar-refractivity contribution in [3.8, 4) is 5.75 Å². The van der Waals surface area contributed by atoms with Crippen LogP contribution in [-0.4, -0.2) is 23.9 Å². The topological polar surface area (TPSA) is 41.5 Å². The molecule has 1 aromatic rings. The first-order valence-electron chi connectivity index (χ1n) is 7.44. The van der Waals surface area contributed by atoms with Crippen molar-refractivity contribution in [1.82, 2.24) is 5.32 Å². The summed E-state index contributed by atoms with van der Waals surface area (Å²) in [4.78, 5) is 0. The molecule has 0 spiro atoms. The van der Waals surface area contributed by atoms with E-state index in [1.165, 1.54) is 18.6 Å². The zero-order chi connectivity index (χ0) is 15.3. The minimum Gasteiger partial charge on any atom is -0.435 e. The molecule has 21 heavy (non-hydrogen) atoms. The zero-order valence-electron chi connectivity index (χ0n) is 12.3. The highest BCUT2D eigenvalue weighted by atomic mass is 19.3. The molecule has 2 rings (SSSR count). The van der Waals surface area contributed by atoms with Crippen molar-refractivity contribution in [3.05, 3.63) is 29.8 Å². The lowest BCUT2D eigenvalue weighted by atomic mass is 9.79. The standard InChI is InChI=1S/C16H23F2NO2/c1-12-3-2-8-16(20,9-12)11-19-10-13-4-6-14(7-5-13)21-15(17)18/h4-7,12,15,19-20H,2-3,8-11H2,1H3. The van der Waals surface area contributed by atoms with Gasteiger partial charge in [-0.1, -0.05) is 31.9 Å². The van der Waals surface area contributed by atoms with E-state index in [9.17, 15) is 13.9 Å². The van der Waals surface area contributed by atoms with E-state index < -0.39 is 12.2 Å². The second-order valence-electron chi connectivity index (χ2n) is 6.05. The number of alkyl halides is 2. The van der Waals surface area contributed by atoms with E-state index in [-0.39, 0.29) is 5.75 Å². The molecule has 2 atom stereocenters. The van der Waals surface area contributed by atoms with Crippen LogP contribution in [0.2, 0.25) is 0 Å². The highest BCUT2D eigenvalue weighted by molar-refractivity contribution is 5.27. The Morgan fingerprint density at radius 2 is 2.10 bits per heavy atom. The first-order valence-corrected chi connectivity index (χ1v) is 7.44. The van der Waals surface area contributed by atoms with Gasteiger partial charge in [0.25, 0.3) is 0 Å². The predicted molar refractivity (Wildman–Crippen MR) is 77.4 cm³/mol. The van der Waals surface area contributed by atoms with E-state index in [1.54, 1.807) is 12.1 Å². The third kappa shape index (κ3) is 5.25. The largest absolute Gasteiger partial charge is 0.435 e. The van der Waals surface area contributed by atoms with Gasteiger partial charge >= 0.3 is 6.61 Å². The molecule has 0 saturated heterocycles. The molecule has 0 bridgehead atoms. The molecule has 2 N–H and O–H groups in total. The number of hydrogen-bond acceptors (Lipinski definition) is 3. The number of nitrogens with one attached hydrogen (secondary N) is 1. The van der Waals surface area contributed by atoms with Gasteiger partial charge in [-0.15, -0.1) is 0 Å². The Balaban J connectivity index is 1.77. The number of rotatable bonds is 6. The van der Waals surface area contributed by atoms with Crippen LogP contribution in [0.25, 0.3) is 0 Å². The van der Waals surface area contributed by atoms with Crippen LogP contribution < -0.4 is 10.1 Å². The number of benzene rings is 1. The van der Waals surface area contributed by atoms with Crippen LogP contribution in [0.3, 0.4) is 0 Å². The average Bonchev–Trinajstić information content (AvgIpc) is 2.39. The first-order chi connectivity index (χ1) is 9.97. The number of ether oxygens (including phenoxy) is 1. The summed E-state index contributed by atoms with van der Waals surface area (Å²) >= 11 is 0. The van der Waals surface area contributed by atoms with Crippen molar-refractivity contribution in [3.63, 3.8) is 0 Å². The van der Waals surface area contributed by atoms with Crippen molar-refractivity contribution in [2.75, 3.05) is 6.54 Å². The van der Waals surface area contributed by atoms with Gasteiger partial charge in [-0.3, -0.25) is 0 Å². The summed E-state index contributed by atoms with van der Waals surface area (Å²) in [6.07, 6.45) is 3.93. The Morgan fingerprint density at radius 1 is 1.38 bits per heavy atom. The highest BCUT2D eigenvalue weighted by Gasteiger charge is 2.31. The minimum absolute atomic E-state index is 0.161. The lowest BCUT2D eigenvalue weighted by Gasteiger charge is -2.35. The summed E-state index contributed by atoms with van der Waals surface area (Å²) < 4.78 is 28.4. The Bertz CT molecular complexity index is 438. The molecule has 5 heteroatoms. The molecule has 1 aliphatic rings. The van der Waals surface area contributed by atoms with E-state index in [2.05, 4.69) is 17.0 Å². The summed E-state index contributed by atoms with van der Waals surface area (Å²) in [5, 5.41) is 13.8. The third-order valence-corrected chi connectivity index (χ3v) is 4.00. The number of halogens is 2. The Hall–Kier alpha value is -1.20. The van der Waals surface area contributed by atoms with Crippen molar-refractivity contribution in [1.29, 1.82) is 0 Å². The van der Waals surface area contributed by atoms with Crippen molar-refractivity contribution >= 4 is 0 Å². The van der Waals surface area contributed by atoms with E-state index in [0.717, 1.165) is 24.8 Å². The lowest BCUT2D eigenvalue weighted by Crippen LogP contribution is -2.43. The van der Waals surface area contributed by atoms with Crippen molar-refractivity contribution in [2.45, 2.75) is 51.4 Å². The molecule has 0 radical (unpaired) electrons. The highest BCUT2D eigenvalue weighted by Crippen LogP contribution is 2.31. The van der Waals surface area contributed by atoms with Crippen LogP contribution in [0.5, 0.6) is 5.75 Å². The Labute approximate surface area is 124 Å². The van der Waals surface area contributed by atoms with E-state index in [0.29, 0.717) is 19.0 Å². The van der Waals surface area contributed by atoms with Gasteiger partial charge in [-0.25, -0.2) is 0 Å². The van der Waals surface area contributed by atoms with Gasteiger partial charge in [-0.05, 0) is 36.5 Å². The summed E-state index contributed by atoms with van der Waals surface area (Å²) in [6.45, 7) is 0.543. The molecule has 1 aliphatic carbocycles. The first kappa shape index (κ1) is 16.2. The Morgan fingerprint density at radius 3 is 2.71 bits per heavy atom. The molecular weight excluding hydrogens is 276 g/mol. The molecule has 0 aliphatic heterocycles. The number of hydrogen-bond donors (Lipinski definition) is 2. The fraction of sp³-hybridized carbons (Fsp3) is 0.625. The van der Waals surface area contributed by atoms with E-state index in [4.69, 9.17) is 0 Å². The molecule has 0 aromatic heterocycles. The van der Waals surface area contributed by atoms with Crippen LogP contribution in [0.4, 0.5) is 8.78 Å². The SMILES string of the molecule is CC1CCCC(O)(CNCc2ccc(OC(F)F)cc2)C1. The molecule has 2 unspecified atom stereocenters. The minimum atomic E-state index is -2.79. The monoisotopic (exact) mass is 299 g/mol. The summed E-state index contributed by atoms with van der Waals surface area (Å²) in [6, 6.07) is 6.55. The van der Waals surface area contributed by atoms with E-state index in [1.807, 2.05) is 0 Å². The molecule has 1 fully saturated rings. The van der Waals surface area contributed by atoms with Crippen LogP contribution in [-0.2, 0) is 6.54 Å². The maximum absolute atomic E-state index is 12.0. The molecule has 3 nitrogen and oxygen atoms in total. The maximum atomic E-state index is 12.0. The molecule has 0 heterocycles. The average molecular weight is 299 g/mol. The third-order valence-electron chi connectivity index (χ3n) is 4.00. The maximum Gasteiger partial charge on any atom is 0.387 e. The lowest BCUT2D eigenvalue weighted by molar-refractivity contribution is -0.0498. The molecule has 1 saturated carbocycles. The van der Waals surface area contributed by atoms with Gasteiger partial charge in [0.05, 0.1) is 5.60 Å². The zero-order valence-corrected chi connectivity index (χ0v) is 12.3. The van der Waals surface area contributed by atoms with E-state index >= 15 is 0 Å². The smallest absolute Gasteiger partial charge is 0.387 e. The summed E-state index contributed by atoms with van der Waals surface area (Å²) in [5.41, 5.74) is 0.361. The molecule has 1 aromatic carbocycles. The fourth-order valence-corrected chi connectivity index (χ4v) is 3.02. The van der Waals surface area contributed by atoms with Crippen LogP contribution in [0.15, 0.2) is 24.3 Å². The number of aliphatic hydroxyl groups is 1. The van der Waals surface area contributed by atoms with Gasteiger partial charge in [-0.2, -0.15) is 8.78 Å².